The molecule has 0 saturated carbocycles. The molecular weight excluding hydrogens is 161 g/mol. The van der Waals surface area contributed by atoms with Gasteiger partial charge in [-0.1, -0.05) is 0 Å². The minimum Gasteiger partial charge on any atom is -0.462 e. The van der Waals surface area contributed by atoms with Gasteiger partial charge in [-0.15, -0.1) is 9.60 Å². The molecule has 0 aromatic rings. The lowest BCUT2D eigenvalue weighted by Gasteiger charge is -2.18. The molecule has 0 aliphatic carbocycles. The van der Waals surface area contributed by atoms with Gasteiger partial charge >= 0.3 is 0 Å². The van der Waals surface area contributed by atoms with Crippen molar-refractivity contribution in [3.05, 3.63) is 0 Å². The molecule has 0 atom stereocenters. The van der Waals surface area contributed by atoms with Gasteiger partial charge in [-0.25, -0.2) is 0 Å². The van der Waals surface area contributed by atoms with Crippen molar-refractivity contribution in [1.82, 2.24) is 5.12 Å². The maximum atomic E-state index is 11.4. The van der Waals surface area contributed by atoms with Crippen LogP contribution < -0.4 is 0 Å². The van der Waals surface area contributed by atoms with Crippen molar-refractivity contribution in [2.75, 3.05) is 13.1 Å². The van der Waals surface area contributed by atoms with Crippen LogP contribution >= 0.6 is 0 Å². The standard InChI is InChI=1S/C5H10O2.C3H6FN/c1-5(2,3)7-4-6;4-5-2-1-3-5/h4H,1-3H3;1-3H2. The summed E-state index contributed by atoms with van der Waals surface area (Å²) in [6.07, 6.45) is 1.04. The first-order valence-corrected chi connectivity index (χ1v) is 3.98. The van der Waals surface area contributed by atoms with Crippen molar-refractivity contribution in [2.24, 2.45) is 0 Å². The molecule has 0 spiro atoms. The van der Waals surface area contributed by atoms with Crippen LogP contribution in [0.3, 0.4) is 0 Å². The monoisotopic (exact) mass is 177 g/mol. The van der Waals surface area contributed by atoms with Gasteiger partial charge in [0.25, 0.3) is 6.47 Å². The summed E-state index contributed by atoms with van der Waals surface area (Å²) in [5, 5.41) is 0.806. The molecule has 4 heteroatoms. The molecule has 1 rings (SSSR count). The van der Waals surface area contributed by atoms with E-state index in [-0.39, 0.29) is 5.60 Å². The number of rotatable bonds is 1. The number of hydrogen-bond acceptors (Lipinski definition) is 3. The topological polar surface area (TPSA) is 29.5 Å². The molecule has 1 heterocycles. The third-order valence-electron chi connectivity index (χ3n) is 1.20. The van der Waals surface area contributed by atoms with Crippen LogP contribution in [0.15, 0.2) is 0 Å². The first kappa shape index (κ1) is 11.4. The van der Waals surface area contributed by atoms with Crippen LogP contribution in [0.1, 0.15) is 27.2 Å². The molecule has 0 amide bonds. The Morgan fingerprint density at radius 1 is 1.42 bits per heavy atom. The van der Waals surface area contributed by atoms with Gasteiger partial charge in [0.05, 0.1) is 0 Å². The van der Waals surface area contributed by atoms with E-state index in [1.165, 1.54) is 0 Å². The van der Waals surface area contributed by atoms with Crippen LogP contribution in [0.2, 0.25) is 0 Å². The minimum atomic E-state index is -0.318. The van der Waals surface area contributed by atoms with E-state index in [0.29, 0.717) is 19.6 Å². The maximum Gasteiger partial charge on any atom is 0.293 e. The van der Waals surface area contributed by atoms with Crippen LogP contribution in [0, 0.1) is 0 Å². The molecule has 0 bridgehead atoms. The first-order valence-electron chi connectivity index (χ1n) is 3.98. The Morgan fingerprint density at radius 3 is 1.83 bits per heavy atom. The normalized spacial score (nSPS) is 17.0. The predicted octanol–water partition coefficient (Wildman–Crippen LogP) is 1.53. The lowest BCUT2D eigenvalue weighted by atomic mass is 10.2. The van der Waals surface area contributed by atoms with Crippen molar-refractivity contribution in [2.45, 2.75) is 32.8 Å². The molecule has 1 aliphatic heterocycles. The highest BCUT2D eigenvalue weighted by molar-refractivity contribution is 5.37. The number of carbonyl (C=O) groups excluding carboxylic acids is 1. The summed E-state index contributed by atoms with van der Waals surface area (Å²) < 4.78 is 15.9. The van der Waals surface area contributed by atoms with Gasteiger partial charge in [0.15, 0.2) is 0 Å². The molecule has 1 aliphatic rings. The predicted molar refractivity (Wildman–Crippen MR) is 44.2 cm³/mol. The van der Waals surface area contributed by atoms with E-state index in [2.05, 4.69) is 4.74 Å². The fourth-order valence-corrected chi connectivity index (χ4v) is 0.422. The quantitative estimate of drug-likeness (QED) is 0.449. The average molecular weight is 177 g/mol. The van der Waals surface area contributed by atoms with E-state index in [0.717, 1.165) is 11.5 Å². The highest BCUT2D eigenvalue weighted by Crippen LogP contribution is 2.03. The van der Waals surface area contributed by atoms with Gasteiger partial charge in [-0.05, 0) is 27.2 Å². The SMILES string of the molecule is CC(C)(C)OC=O.FN1CCC1. The molecule has 72 valence electrons. The van der Waals surface area contributed by atoms with Crippen molar-refractivity contribution in [3.63, 3.8) is 0 Å². The lowest BCUT2D eigenvalue weighted by Crippen LogP contribution is -2.28. The van der Waals surface area contributed by atoms with Gasteiger partial charge in [0.2, 0.25) is 0 Å². The molecule has 3 nitrogen and oxygen atoms in total. The van der Waals surface area contributed by atoms with E-state index in [1.807, 2.05) is 20.8 Å². The Labute approximate surface area is 72.4 Å². The number of carbonyl (C=O) groups is 1. The highest BCUT2D eigenvalue weighted by atomic mass is 19.2. The molecule has 1 saturated heterocycles. The number of hydrogen-bond donors (Lipinski definition) is 0. The van der Waals surface area contributed by atoms with Gasteiger partial charge < -0.3 is 4.74 Å². The Hall–Kier alpha value is -0.640. The third-order valence-corrected chi connectivity index (χ3v) is 1.20. The van der Waals surface area contributed by atoms with Gasteiger partial charge in [-0.3, -0.25) is 4.79 Å². The van der Waals surface area contributed by atoms with E-state index in [9.17, 15) is 9.28 Å². The van der Waals surface area contributed by atoms with Crippen LogP contribution in [-0.2, 0) is 9.53 Å². The maximum absolute atomic E-state index is 11.4. The van der Waals surface area contributed by atoms with Crippen molar-refractivity contribution < 1.29 is 14.0 Å². The zero-order valence-electron chi connectivity index (χ0n) is 7.84. The van der Waals surface area contributed by atoms with Crippen LogP contribution in [0.5, 0.6) is 0 Å². The Bertz CT molecular complexity index is 130. The fourth-order valence-electron chi connectivity index (χ4n) is 0.422. The summed E-state index contributed by atoms with van der Waals surface area (Å²) in [5.74, 6) is 0. The van der Waals surface area contributed by atoms with Crippen molar-refractivity contribution in [3.8, 4) is 0 Å². The highest BCUT2D eigenvalue weighted by Gasteiger charge is 2.10. The summed E-state index contributed by atoms with van der Waals surface area (Å²) >= 11 is 0. The number of ether oxygens (including phenoxy) is 1. The van der Waals surface area contributed by atoms with E-state index >= 15 is 0 Å². The molecule has 0 unspecified atom stereocenters. The van der Waals surface area contributed by atoms with Crippen LogP contribution in [0.4, 0.5) is 4.48 Å². The van der Waals surface area contributed by atoms with Gasteiger partial charge in [0, 0.05) is 13.1 Å². The first-order chi connectivity index (χ1) is 5.45. The molecular formula is C8H16FNO2. The second-order valence-electron chi connectivity index (χ2n) is 3.59. The molecule has 0 aromatic heterocycles. The Balaban J connectivity index is 0.000000211. The number of nitrogens with zero attached hydrogens (tertiary/aromatic N) is 1. The average Bonchev–Trinajstić information content (AvgIpc) is 1.82. The Morgan fingerprint density at radius 2 is 1.83 bits per heavy atom. The minimum absolute atomic E-state index is 0.318. The van der Waals surface area contributed by atoms with Gasteiger partial charge in [0.1, 0.15) is 5.60 Å². The summed E-state index contributed by atoms with van der Waals surface area (Å²) in [6, 6.07) is 0. The van der Waals surface area contributed by atoms with Crippen molar-refractivity contribution >= 4 is 6.47 Å². The van der Waals surface area contributed by atoms with E-state index in [4.69, 9.17) is 0 Å². The second kappa shape index (κ2) is 5.09. The summed E-state index contributed by atoms with van der Waals surface area (Å²) in [6.45, 7) is 7.23. The Kier molecular flexibility index (Phi) is 4.81. The molecule has 0 radical (unpaired) electrons. The van der Waals surface area contributed by atoms with Gasteiger partial charge in [-0.2, -0.15) is 0 Å². The summed E-state index contributed by atoms with van der Waals surface area (Å²) in [4.78, 5) is 9.60. The molecule has 0 N–H and O–H groups in total. The number of halogens is 1. The molecule has 0 aromatic carbocycles. The summed E-state index contributed by atoms with van der Waals surface area (Å²) in [7, 11) is 0. The molecule has 1 fully saturated rings. The lowest BCUT2D eigenvalue weighted by molar-refractivity contribution is -0.138. The third kappa shape index (κ3) is 7.47. The fraction of sp³-hybridized carbons (Fsp3) is 0.875. The summed E-state index contributed by atoms with van der Waals surface area (Å²) in [5.41, 5.74) is -0.318. The zero-order chi connectivity index (χ0) is 9.61. The largest absolute Gasteiger partial charge is 0.462 e. The second-order valence-corrected chi connectivity index (χ2v) is 3.59. The van der Waals surface area contributed by atoms with Crippen LogP contribution in [-0.4, -0.2) is 30.3 Å². The van der Waals surface area contributed by atoms with Crippen molar-refractivity contribution in [1.29, 1.82) is 0 Å². The van der Waals surface area contributed by atoms with E-state index in [1.54, 1.807) is 0 Å². The van der Waals surface area contributed by atoms with Crippen LogP contribution in [0.25, 0.3) is 0 Å². The smallest absolute Gasteiger partial charge is 0.293 e. The van der Waals surface area contributed by atoms with E-state index < -0.39 is 0 Å². The zero-order valence-corrected chi connectivity index (χ0v) is 7.84. The molecule has 12 heavy (non-hydrogen) atoms.